The molecule has 1 saturated heterocycles. The smallest absolute Gasteiger partial charge is 0.415 e. The first-order valence-electron chi connectivity index (χ1n) is 8.37. The fourth-order valence-corrected chi connectivity index (χ4v) is 3.14. The van der Waals surface area contributed by atoms with E-state index in [2.05, 4.69) is 20.3 Å². The Morgan fingerprint density at radius 2 is 2.15 bits per heavy atom. The zero-order chi connectivity index (χ0) is 19.0. The molecule has 3 heterocycles. The number of aromatic nitrogens is 3. The Labute approximate surface area is 159 Å². The van der Waals surface area contributed by atoms with Gasteiger partial charge in [-0.2, -0.15) is 4.98 Å². The van der Waals surface area contributed by atoms with Crippen LogP contribution in [0.5, 0.6) is 0 Å². The van der Waals surface area contributed by atoms with Gasteiger partial charge in [0, 0.05) is 27.7 Å². The van der Waals surface area contributed by atoms with Gasteiger partial charge in [-0.05, 0) is 37.3 Å². The highest BCUT2D eigenvalue weighted by Gasteiger charge is 2.25. The Hall–Kier alpha value is -3.13. The standard InChI is InChI=1S/C18H16ClN5O3/c1-10(13-9-11-8-12(19)2-3-14(11)22-16(13)25)21-17-20-5-4-15(23-17)24-6-7-27-18(24)26/h2-5,8-10H,6-7H2,1H3,(H,22,25)(H,20,21,23)/t10-/m0/s1. The molecule has 2 N–H and O–H groups in total. The molecular formula is C18H16ClN5O3. The van der Waals surface area contributed by atoms with Crippen molar-refractivity contribution >= 4 is 40.4 Å². The molecule has 27 heavy (non-hydrogen) atoms. The largest absolute Gasteiger partial charge is 0.447 e. The monoisotopic (exact) mass is 385 g/mol. The molecule has 4 rings (SSSR count). The van der Waals surface area contributed by atoms with E-state index < -0.39 is 6.09 Å². The summed E-state index contributed by atoms with van der Waals surface area (Å²) in [5, 5.41) is 4.53. The van der Waals surface area contributed by atoms with Crippen LogP contribution in [-0.4, -0.2) is 34.2 Å². The summed E-state index contributed by atoms with van der Waals surface area (Å²) in [7, 11) is 0. The van der Waals surface area contributed by atoms with Crippen LogP contribution in [0.15, 0.2) is 41.3 Å². The Bertz CT molecular complexity index is 1080. The van der Waals surface area contributed by atoms with Gasteiger partial charge in [-0.1, -0.05) is 11.6 Å². The minimum atomic E-state index is -0.435. The number of amides is 1. The Kier molecular flexibility index (Phi) is 4.41. The lowest BCUT2D eigenvalue weighted by atomic mass is 10.1. The molecule has 1 amide bonds. The molecule has 0 unspecified atom stereocenters. The second-order valence-corrected chi connectivity index (χ2v) is 6.59. The summed E-state index contributed by atoms with van der Waals surface area (Å²) in [6.45, 7) is 2.61. The number of hydrogen-bond acceptors (Lipinski definition) is 6. The maximum absolute atomic E-state index is 12.4. The summed E-state index contributed by atoms with van der Waals surface area (Å²) >= 11 is 6.04. The molecule has 0 aliphatic carbocycles. The van der Waals surface area contributed by atoms with Gasteiger partial charge in [0.2, 0.25) is 5.95 Å². The van der Waals surface area contributed by atoms with Crippen molar-refractivity contribution in [1.82, 2.24) is 15.0 Å². The molecule has 1 fully saturated rings. The number of pyridine rings is 1. The third kappa shape index (κ3) is 3.43. The van der Waals surface area contributed by atoms with Crippen molar-refractivity contribution in [3.63, 3.8) is 0 Å². The number of nitrogens with zero attached hydrogens (tertiary/aromatic N) is 3. The number of anilines is 2. The predicted octanol–water partition coefficient (Wildman–Crippen LogP) is 3.10. The molecule has 8 nitrogen and oxygen atoms in total. The summed E-state index contributed by atoms with van der Waals surface area (Å²) in [5.74, 6) is 0.756. The number of nitrogens with one attached hydrogen (secondary N) is 2. The second-order valence-electron chi connectivity index (χ2n) is 6.16. The zero-order valence-electron chi connectivity index (χ0n) is 14.4. The first-order chi connectivity index (χ1) is 13.0. The number of carbonyl (C=O) groups excluding carboxylic acids is 1. The molecule has 1 atom stereocenters. The van der Waals surface area contributed by atoms with Gasteiger partial charge >= 0.3 is 6.09 Å². The number of fused-ring (bicyclic) bond motifs is 1. The van der Waals surface area contributed by atoms with Gasteiger partial charge in [0.25, 0.3) is 5.56 Å². The lowest BCUT2D eigenvalue weighted by Gasteiger charge is -2.16. The number of cyclic esters (lactones) is 1. The molecule has 1 aromatic carbocycles. The van der Waals surface area contributed by atoms with E-state index in [-0.39, 0.29) is 11.6 Å². The normalized spacial score (nSPS) is 15.0. The lowest BCUT2D eigenvalue weighted by Crippen LogP contribution is -2.25. The predicted molar refractivity (Wildman–Crippen MR) is 102 cm³/mol. The Balaban J connectivity index is 1.61. The fourth-order valence-electron chi connectivity index (χ4n) is 2.96. The molecule has 0 spiro atoms. The average Bonchev–Trinajstić information content (AvgIpc) is 3.07. The van der Waals surface area contributed by atoms with Crippen LogP contribution >= 0.6 is 11.6 Å². The summed E-state index contributed by atoms with van der Waals surface area (Å²) in [6.07, 6.45) is 1.11. The molecule has 3 aromatic rings. The van der Waals surface area contributed by atoms with Crippen LogP contribution in [0.3, 0.4) is 0 Å². The Morgan fingerprint density at radius 3 is 2.93 bits per heavy atom. The van der Waals surface area contributed by atoms with Crippen molar-refractivity contribution in [2.45, 2.75) is 13.0 Å². The molecule has 0 radical (unpaired) electrons. The molecule has 1 aliphatic heterocycles. The quantitative estimate of drug-likeness (QED) is 0.715. The molecule has 138 valence electrons. The summed E-state index contributed by atoms with van der Waals surface area (Å²) in [6, 6.07) is 8.34. The minimum Gasteiger partial charge on any atom is -0.447 e. The molecule has 0 bridgehead atoms. The van der Waals surface area contributed by atoms with Crippen molar-refractivity contribution in [3.8, 4) is 0 Å². The Morgan fingerprint density at radius 1 is 1.30 bits per heavy atom. The van der Waals surface area contributed by atoms with Gasteiger partial charge in [0.05, 0.1) is 12.6 Å². The van der Waals surface area contributed by atoms with Crippen LogP contribution in [0.25, 0.3) is 10.9 Å². The highest BCUT2D eigenvalue weighted by Crippen LogP contribution is 2.22. The molecule has 0 saturated carbocycles. The van der Waals surface area contributed by atoms with Crippen LogP contribution in [0.1, 0.15) is 18.5 Å². The fraction of sp³-hybridized carbons (Fsp3) is 0.222. The van der Waals surface area contributed by atoms with Crippen LogP contribution in [-0.2, 0) is 4.74 Å². The van der Waals surface area contributed by atoms with Crippen molar-refractivity contribution in [1.29, 1.82) is 0 Å². The van der Waals surface area contributed by atoms with Gasteiger partial charge in [0.15, 0.2) is 0 Å². The number of ether oxygens (including phenoxy) is 1. The van der Waals surface area contributed by atoms with E-state index in [1.807, 2.05) is 6.92 Å². The lowest BCUT2D eigenvalue weighted by molar-refractivity contribution is 0.181. The van der Waals surface area contributed by atoms with E-state index in [4.69, 9.17) is 16.3 Å². The summed E-state index contributed by atoms with van der Waals surface area (Å²) in [5.41, 5.74) is 1.04. The topological polar surface area (TPSA) is 100 Å². The van der Waals surface area contributed by atoms with Crippen molar-refractivity contribution in [2.24, 2.45) is 0 Å². The molecule has 2 aromatic heterocycles. The molecular weight excluding hydrogens is 370 g/mol. The molecule has 1 aliphatic rings. The maximum atomic E-state index is 12.4. The summed E-state index contributed by atoms with van der Waals surface area (Å²) < 4.78 is 4.93. The highest BCUT2D eigenvalue weighted by molar-refractivity contribution is 6.31. The van der Waals surface area contributed by atoms with Gasteiger partial charge in [-0.25, -0.2) is 9.78 Å². The van der Waals surface area contributed by atoms with E-state index in [1.54, 1.807) is 36.5 Å². The van der Waals surface area contributed by atoms with E-state index >= 15 is 0 Å². The van der Waals surface area contributed by atoms with E-state index in [9.17, 15) is 9.59 Å². The van der Waals surface area contributed by atoms with Gasteiger partial charge < -0.3 is 15.0 Å². The number of H-pyrrole nitrogens is 1. The van der Waals surface area contributed by atoms with Crippen LogP contribution in [0.2, 0.25) is 5.02 Å². The zero-order valence-corrected chi connectivity index (χ0v) is 15.2. The number of hydrogen-bond donors (Lipinski definition) is 2. The first-order valence-corrected chi connectivity index (χ1v) is 8.75. The van der Waals surface area contributed by atoms with Gasteiger partial charge in [0.1, 0.15) is 12.4 Å². The second kappa shape index (κ2) is 6.88. The third-order valence-electron chi connectivity index (χ3n) is 4.33. The number of benzene rings is 1. The number of halogens is 1. The van der Waals surface area contributed by atoms with Gasteiger partial charge in [-0.15, -0.1) is 0 Å². The highest BCUT2D eigenvalue weighted by atomic mass is 35.5. The van der Waals surface area contributed by atoms with Crippen LogP contribution in [0, 0.1) is 0 Å². The molecule has 9 heteroatoms. The van der Waals surface area contributed by atoms with Crippen molar-refractivity contribution < 1.29 is 9.53 Å². The SMILES string of the molecule is C[C@H](Nc1nccc(N2CCOC2=O)n1)c1cc2cc(Cl)ccc2[nH]c1=O. The average molecular weight is 386 g/mol. The van der Waals surface area contributed by atoms with Crippen molar-refractivity contribution in [2.75, 3.05) is 23.4 Å². The third-order valence-corrected chi connectivity index (χ3v) is 4.56. The van der Waals surface area contributed by atoms with Crippen LogP contribution < -0.4 is 15.8 Å². The van der Waals surface area contributed by atoms with Crippen LogP contribution in [0.4, 0.5) is 16.6 Å². The van der Waals surface area contributed by atoms with E-state index in [0.29, 0.717) is 41.0 Å². The number of aromatic amines is 1. The van der Waals surface area contributed by atoms with E-state index in [0.717, 1.165) is 5.39 Å². The summed E-state index contributed by atoms with van der Waals surface area (Å²) in [4.78, 5) is 36.9. The minimum absolute atomic E-state index is 0.205. The number of rotatable bonds is 4. The first kappa shape index (κ1) is 17.3. The number of carbonyl (C=O) groups is 1. The van der Waals surface area contributed by atoms with Gasteiger partial charge in [-0.3, -0.25) is 9.69 Å². The van der Waals surface area contributed by atoms with Crippen molar-refractivity contribution in [3.05, 3.63) is 57.5 Å². The maximum Gasteiger partial charge on any atom is 0.415 e. The van der Waals surface area contributed by atoms with E-state index in [1.165, 1.54) is 4.90 Å².